The molecule has 4 heteroatoms. The van der Waals surface area contributed by atoms with Gasteiger partial charge in [0, 0.05) is 10.0 Å². The number of rotatable bonds is 0. The topological polar surface area (TPSA) is 38.7 Å². The van der Waals surface area contributed by atoms with E-state index in [-0.39, 0.29) is 5.41 Å². The number of aliphatic hydroxyl groups excluding tert-OH is 1. The Morgan fingerprint density at radius 3 is 2.84 bits per heavy atom. The fourth-order valence-corrected chi connectivity index (χ4v) is 3.63. The fourth-order valence-electron chi connectivity index (χ4n) is 3.02. The first-order valence-corrected chi connectivity index (χ1v) is 7.56. The van der Waals surface area contributed by atoms with Crippen molar-refractivity contribution in [3.05, 3.63) is 21.7 Å². The lowest BCUT2D eigenvalue weighted by molar-refractivity contribution is 0.107. The minimum Gasteiger partial charge on any atom is -0.486 e. The smallest absolute Gasteiger partial charge is 0.167 e. The van der Waals surface area contributed by atoms with Crippen molar-refractivity contribution in [2.45, 2.75) is 39.2 Å². The zero-order chi connectivity index (χ0) is 13.6. The Morgan fingerprint density at radius 2 is 2.05 bits per heavy atom. The third-order valence-corrected chi connectivity index (χ3v) is 4.77. The molecule has 1 aliphatic heterocycles. The van der Waals surface area contributed by atoms with Gasteiger partial charge in [-0.25, -0.2) is 0 Å². The molecule has 3 rings (SSSR count). The van der Waals surface area contributed by atoms with Crippen LogP contribution in [-0.4, -0.2) is 18.3 Å². The number of benzene rings is 1. The van der Waals surface area contributed by atoms with Crippen molar-refractivity contribution in [1.82, 2.24) is 0 Å². The number of aliphatic hydroxyl groups is 1. The van der Waals surface area contributed by atoms with Gasteiger partial charge in [-0.05, 0) is 36.3 Å². The van der Waals surface area contributed by atoms with E-state index in [2.05, 4.69) is 29.8 Å². The van der Waals surface area contributed by atoms with Gasteiger partial charge in [0.1, 0.15) is 13.2 Å². The van der Waals surface area contributed by atoms with E-state index >= 15 is 0 Å². The van der Waals surface area contributed by atoms with Gasteiger partial charge in [0.2, 0.25) is 0 Å². The quantitative estimate of drug-likeness (QED) is 0.740. The number of ether oxygens (including phenoxy) is 2. The van der Waals surface area contributed by atoms with Crippen molar-refractivity contribution in [2.75, 3.05) is 13.2 Å². The summed E-state index contributed by atoms with van der Waals surface area (Å²) in [5, 5.41) is 10.6. The van der Waals surface area contributed by atoms with Crippen molar-refractivity contribution in [3.63, 3.8) is 0 Å². The molecule has 0 saturated carbocycles. The Kier molecular flexibility index (Phi) is 3.26. The highest BCUT2D eigenvalue weighted by Gasteiger charge is 2.34. The lowest BCUT2D eigenvalue weighted by Gasteiger charge is -2.27. The predicted octanol–water partition coefficient (Wildman–Crippen LogP) is 3.62. The second-order valence-corrected chi connectivity index (χ2v) is 7.01. The van der Waals surface area contributed by atoms with Crippen LogP contribution in [-0.2, 0) is 6.42 Å². The highest BCUT2D eigenvalue weighted by molar-refractivity contribution is 9.10. The number of fused-ring (bicyclic) bond motifs is 3. The molecule has 1 unspecified atom stereocenters. The molecule has 0 spiro atoms. The van der Waals surface area contributed by atoms with Crippen LogP contribution in [0.25, 0.3) is 0 Å². The minimum absolute atomic E-state index is 0.139. The molecule has 1 atom stereocenters. The van der Waals surface area contributed by atoms with E-state index in [0.29, 0.717) is 13.2 Å². The molecule has 0 amide bonds. The summed E-state index contributed by atoms with van der Waals surface area (Å²) in [6, 6.07) is 1.97. The molecule has 3 nitrogen and oxygen atoms in total. The van der Waals surface area contributed by atoms with Gasteiger partial charge in [-0.2, -0.15) is 0 Å². The molecule has 1 heterocycles. The van der Waals surface area contributed by atoms with E-state index in [4.69, 9.17) is 9.47 Å². The number of hydrogen-bond acceptors (Lipinski definition) is 3. The summed E-state index contributed by atoms with van der Waals surface area (Å²) in [7, 11) is 0. The van der Waals surface area contributed by atoms with E-state index in [9.17, 15) is 5.11 Å². The summed E-state index contributed by atoms with van der Waals surface area (Å²) < 4.78 is 12.4. The molecule has 0 saturated heterocycles. The summed E-state index contributed by atoms with van der Waals surface area (Å²) in [5.41, 5.74) is 2.23. The molecule has 1 aromatic carbocycles. The van der Waals surface area contributed by atoms with Crippen molar-refractivity contribution in [3.8, 4) is 11.5 Å². The standard InChI is InChI=1S/C15H19BrO3/c1-15(2)4-3-9-10(16)7-12-14(19-6-5-18-12)13(9)11(17)8-15/h7,11,17H,3-6,8H2,1-2H3. The van der Waals surface area contributed by atoms with Gasteiger partial charge < -0.3 is 14.6 Å². The van der Waals surface area contributed by atoms with Crippen LogP contribution in [0.3, 0.4) is 0 Å². The summed E-state index contributed by atoms with van der Waals surface area (Å²) >= 11 is 3.61. The Morgan fingerprint density at radius 1 is 1.32 bits per heavy atom. The Bertz CT molecular complexity index is 511. The second-order valence-electron chi connectivity index (χ2n) is 6.16. The normalized spacial score (nSPS) is 24.5. The zero-order valence-corrected chi connectivity index (χ0v) is 12.9. The average molecular weight is 327 g/mol. The molecule has 0 bridgehead atoms. The highest BCUT2D eigenvalue weighted by atomic mass is 79.9. The molecule has 0 aromatic heterocycles. The second kappa shape index (κ2) is 4.67. The fraction of sp³-hybridized carbons (Fsp3) is 0.600. The third-order valence-electron chi connectivity index (χ3n) is 4.06. The molecule has 1 N–H and O–H groups in total. The molecule has 0 fully saturated rings. The average Bonchev–Trinajstić information content (AvgIpc) is 2.46. The van der Waals surface area contributed by atoms with Crippen LogP contribution in [0.2, 0.25) is 0 Å². The third kappa shape index (κ3) is 2.36. The van der Waals surface area contributed by atoms with Crippen LogP contribution < -0.4 is 9.47 Å². The maximum Gasteiger partial charge on any atom is 0.167 e. The molecule has 104 valence electrons. The lowest BCUT2D eigenvalue weighted by Crippen LogP contribution is -2.19. The first-order valence-electron chi connectivity index (χ1n) is 6.77. The summed E-state index contributed by atoms with van der Waals surface area (Å²) in [4.78, 5) is 0. The Balaban J connectivity index is 2.15. The van der Waals surface area contributed by atoms with Crippen LogP contribution >= 0.6 is 15.9 Å². The maximum atomic E-state index is 10.6. The van der Waals surface area contributed by atoms with Gasteiger partial charge in [-0.3, -0.25) is 0 Å². The maximum absolute atomic E-state index is 10.6. The molecule has 0 radical (unpaired) electrons. The summed E-state index contributed by atoms with van der Waals surface area (Å²) in [6.45, 7) is 5.54. The van der Waals surface area contributed by atoms with Crippen LogP contribution in [0.15, 0.2) is 10.5 Å². The van der Waals surface area contributed by atoms with Crippen LogP contribution in [0.5, 0.6) is 11.5 Å². The highest BCUT2D eigenvalue weighted by Crippen LogP contribution is 2.49. The number of halogens is 1. The van der Waals surface area contributed by atoms with Gasteiger partial charge in [0.05, 0.1) is 6.10 Å². The summed E-state index contributed by atoms with van der Waals surface area (Å²) in [5.74, 6) is 1.49. The monoisotopic (exact) mass is 326 g/mol. The van der Waals surface area contributed by atoms with Gasteiger partial charge in [-0.1, -0.05) is 29.8 Å². The first kappa shape index (κ1) is 13.3. The van der Waals surface area contributed by atoms with Crippen molar-refractivity contribution in [1.29, 1.82) is 0 Å². The molecule has 1 aromatic rings. The van der Waals surface area contributed by atoms with E-state index in [0.717, 1.165) is 40.8 Å². The van der Waals surface area contributed by atoms with Crippen LogP contribution in [0.4, 0.5) is 0 Å². The Labute approximate surface area is 122 Å². The zero-order valence-electron chi connectivity index (χ0n) is 11.3. The molecular weight excluding hydrogens is 308 g/mol. The molecule has 1 aliphatic carbocycles. The molecule has 2 aliphatic rings. The number of hydrogen-bond donors (Lipinski definition) is 1. The van der Waals surface area contributed by atoms with Gasteiger partial charge >= 0.3 is 0 Å². The van der Waals surface area contributed by atoms with Crippen molar-refractivity contribution >= 4 is 15.9 Å². The first-order chi connectivity index (χ1) is 8.98. The van der Waals surface area contributed by atoms with Gasteiger partial charge in [0.25, 0.3) is 0 Å². The molecular formula is C15H19BrO3. The van der Waals surface area contributed by atoms with Gasteiger partial charge in [-0.15, -0.1) is 0 Å². The van der Waals surface area contributed by atoms with Gasteiger partial charge in [0.15, 0.2) is 11.5 Å². The Hall–Kier alpha value is -0.740. The van der Waals surface area contributed by atoms with Crippen LogP contribution in [0, 0.1) is 5.41 Å². The van der Waals surface area contributed by atoms with E-state index in [1.54, 1.807) is 0 Å². The largest absolute Gasteiger partial charge is 0.486 e. The minimum atomic E-state index is -0.486. The van der Waals surface area contributed by atoms with Crippen molar-refractivity contribution in [2.24, 2.45) is 5.41 Å². The molecule has 19 heavy (non-hydrogen) atoms. The van der Waals surface area contributed by atoms with E-state index < -0.39 is 6.10 Å². The van der Waals surface area contributed by atoms with Crippen LogP contribution in [0.1, 0.15) is 43.9 Å². The summed E-state index contributed by atoms with van der Waals surface area (Å²) in [6.07, 6.45) is 2.29. The van der Waals surface area contributed by atoms with E-state index in [1.807, 2.05) is 6.07 Å². The lowest BCUT2D eigenvalue weighted by atomic mass is 9.84. The van der Waals surface area contributed by atoms with Crippen molar-refractivity contribution < 1.29 is 14.6 Å². The SMILES string of the molecule is CC1(C)CCc2c(Br)cc3c(c2C(O)C1)OCCO3. The van der Waals surface area contributed by atoms with E-state index in [1.165, 1.54) is 5.56 Å². The predicted molar refractivity (Wildman–Crippen MR) is 76.8 cm³/mol.